The highest BCUT2D eigenvalue weighted by Crippen LogP contribution is 2.45. The van der Waals surface area contributed by atoms with E-state index in [2.05, 4.69) is 24.3 Å². The van der Waals surface area contributed by atoms with Gasteiger partial charge in [0.15, 0.2) is 11.5 Å². The molecule has 7 heteroatoms. The SMILES string of the molecule is COc1cc2c(cc1OC)C(CC(=O)O)N(C(=O)OCC1c3ccccc3-c3ccccc31)CC2. The van der Waals surface area contributed by atoms with E-state index in [0.717, 1.165) is 33.4 Å². The number of methoxy groups -OCH3 is 2. The molecule has 0 aromatic heterocycles. The molecule has 1 aliphatic heterocycles. The highest BCUT2D eigenvalue weighted by atomic mass is 16.6. The van der Waals surface area contributed by atoms with Gasteiger partial charge in [-0.1, -0.05) is 48.5 Å². The summed E-state index contributed by atoms with van der Waals surface area (Å²) in [6.45, 7) is 0.541. The van der Waals surface area contributed by atoms with Crippen molar-refractivity contribution in [3.63, 3.8) is 0 Å². The molecule has 7 nitrogen and oxygen atoms in total. The van der Waals surface area contributed by atoms with Crippen molar-refractivity contribution in [2.24, 2.45) is 0 Å². The van der Waals surface area contributed by atoms with Crippen LogP contribution in [-0.4, -0.2) is 49.4 Å². The van der Waals surface area contributed by atoms with Crippen LogP contribution in [0.5, 0.6) is 11.5 Å². The molecule has 3 aromatic carbocycles. The minimum absolute atomic E-state index is 0.0642. The molecule has 0 radical (unpaired) electrons. The van der Waals surface area contributed by atoms with E-state index in [1.807, 2.05) is 30.3 Å². The lowest BCUT2D eigenvalue weighted by Gasteiger charge is -2.36. The number of rotatable bonds is 6. The predicted octanol–water partition coefficient (Wildman–Crippen LogP) is 5.03. The normalized spacial score (nSPS) is 16.2. The molecule has 180 valence electrons. The van der Waals surface area contributed by atoms with Crippen molar-refractivity contribution in [1.82, 2.24) is 4.90 Å². The maximum Gasteiger partial charge on any atom is 0.410 e. The highest BCUT2D eigenvalue weighted by Gasteiger charge is 2.36. The van der Waals surface area contributed by atoms with Crippen LogP contribution < -0.4 is 9.47 Å². The van der Waals surface area contributed by atoms with Gasteiger partial charge in [-0.2, -0.15) is 0 Å². The maximum atomic E-state index is 13.3. The monoisotopic (exact) mass is 473 g/mol. The van der Waals surface area contributed by atoms with Crippen molar-refractivity contribution in [3.05, 3.63) is 82.9 Å². The standard InChI is InChI=1S/C28H27NO6/c1-33-25-13-17-11-12-29(24(15-27(30)31)22(17)14-26(25)34-2)28(32)35-16-23-20-9-5-3-7-18(20)19-8-4-6-10-21(19)23/h3-10,13-14,23-24H,11-12,15-16H2,1-2H3,(H,30,31). The number of carboxylic acid groups (broad SMARTS) is 1. The Hall–Kier alpha value is -4.00. The zero-order valence-corrected chi connectivity index (χ0v) is 19.7. The molecular weight excluding hydrogens is 446 g/mol. The third kappa shape index (κ3) is 4.07. The molecule has 3 aromatic rings. The topological polar surface area (TPSA) is 85.3 Å². The van der Waals surface area contributed by atoms with E-state index in [1.54, 1.807) is 13.2 Å². The molecule has 1 heterocycles. The largest absolute Gasteiger partial charge is 0.493 e. The third-order valence-corrected chi connectivity index (χ3v) is 6.94. The van der Waals surface area contributed by atoms with Gasteiger partial charge in [0.05, 0.1) is 26.7 Å². The Labute approximate surface area is 203 Å². The van der Waals surface area contributed by atoms with Crippen molar-refractivity contribution >= 4 is 12.1 Å². The smallest absolute Gasteiger partial charge is 0.410 e. The molecule has 0 saturated heterocycles. The van der Waals surface area contributed by atoms with Crippen molar-refractivity contribution < 1.29 is 28.9 Å². The van der Waals surface area contributed by atoms with Gasteiger partial charge in [0, 0.05) is 12.5 Å². The molecule has 1 aliphatic carbocycles. The predicted molar refractivity (Wildman–Crippen MR) is 130 cm³/mol. The summed E-state index contributed by atoms with van der Waals surface area (Å²) in [5.74, 6) is 0.0192. The first-order valence-electron chi connectivity index (χ1n) is 11.6. The second-order valence-electron chi connectivity index (χ2n) is 8.77. The third-order valence-electron chi connectivity index (χ3n) is 6.94. The summed E-state index contributed by atoms with van der Waals surface area (Å²) >= 11 is 0. The van der Waals surface area contributed by atoms with Crippen LogP contribution in [0.2, 0.25) is 0 Å². The minimum atomic E-state index is -0.992. The summed E-state index contributed by atoms with van der Waals surface area (Å²) in [6, 6.07) is 19.3. The summed E-state index contributed by atoms with van der Waals surface area (Å²) in [5, 5.41) is 9.60. The number of benzene rings is 3. The van der Waals surface area contributed by atoms with Crippen molar-refractivity contribution in [3.8, 4) is 22.6 Å². The van der Waals surface area contributed by atoms with E-state index in [0.29, 0.717) is 24.5 Å². The molecular formula is C28H27NO6. The van der Waals surface area contributed by atoms with Gasteiger partial charge in [-0.05, 0) is 51.9 Å². The number of carboxylic acids is 1. The minimum Gasteiger partial charge on any atom is -0.493 e. The molecule has 5 rings (SSSR count). The van der Waals surface area contributed by atoms with Gasteiger partial charge in [0.2, 0.25) is 0 Å². The van der Waals surface area contributed by atoms with E-state index >= 15 is 0 Å². The molecule has 0 spiro atoms. The molecule has 35 heavy (non-hydrogen) atoms. The zero-order chi connectivity index (χ0) is 24.5. The first-order valence-corrected chi connectivity index (χ1v) is 11.6. The van der Waals surface area contributed by atoms with Crippen LogP contribution in [0.4, 0.5) is 4.79 Å². The average molecular weight is 474 g/mol. The van der Waals surface area contributed by atoms with Gasteiger partial charge in [-0.15, -0.1) is 0 Å². The summed E-state index contributed by atoms with van der Waals surface area (Å²) in [6.07, 6.45) is -0.179. The van der Waals surface area contributed by atoms with Gasteiger partial charge in [0.25, 0.3) is 0 Å². The lowest BCUT2D eigenvalue weighted by molar-refractivity contribution is -0.138. The van der Waals surface area contributed by atoms with Gasteiger partial charge >= 0.3 is 12.1 Å². The Morgan fingerprint density at radius 3 is 2.11 bits per heavy atom. The first kappa shape index (κ1) is 22.8. The zero-order valence-electron chi connectivity index (χ0n) is 19.7. The number of fused-ring (bicyclic) bond motifs is 4. The van der Waals surface area contributed by atoms with Crippen molar-refractivity contribution in [2.45, 2.75) is 24.8 Å². The molecule has 1 atom stereocenters. The summed E-state index contributed by atoms with van der Waals surface area (Å²) in [4.78, 5) is 26.6. The lowest BCUT2D eigenvalue weighted by atomic mass is 9.90. The van der Waals surface area contributed by atoms with Crippen molar-refractivity contribution in [1.29, 1.82) is 0 Å². The second-order valence-corrected chi connectivity index (χ2v) is 8.77. The average Bonchev–Trinajstić information content (AvgIpc) is 3.20. The van der Waals surface area contributed by atoms with Crippen LogP contribution in [0.1, 0.15) is 40.6 Å². The fraction of sp³-hybridized carbons (Fsp3) is 0.286. The van der Waals surface area contributed by atoms with Crippen LogP contribution in [0.25, 0.3) is 11.1 Å². The fourth-order valence-electron chi connectivity index (χ4n) is 5.31. The fourth-order valence-corrected chi connectivity index (χ4v) is 5.31. The van der Waals surface area contributed by atoms with Crippen LogP contribution in [0.15, 0.2) is 60.7 Å². The molecule has 0 fully saturated rings. The van der Waals surface area contributed by atoms with Gasteiger partial charge in [-0.25, -0.2) is 4.79 Å². The second kappa shape index (κ2) is 9.33. The van der Waals surface area contributed by atoms with E-state index in [1.165, 1.54) is 12.0 Å². The molecule has 0 saturated carbocycles. The number of amides is 1. The number of aliphatic carboxylic acids is 1. The Morgan fingerprint density at radius 2 is 1.51 bits per heavy atom. The highest BCUT2D eigenvalue weighted by molar-refractivity contribution is 5.79. The number of ether oxygens (including phenoxy) is 3. The molecule has 0 bridgehead atoms. The quantitative estimate of drug-likeness (QED) is 0.541. The summed E-state index contributed by atoms with van der Waals surface area (Å²) < 4.78 is 16.7. The molecule has 1 amide bonds. The van der Waals surface area contributed by atoms with Crippen LogP contribution in [0.3, 0.4) is 0 Å². The number of hydrogen-bond acceptors (Lipinski definition) is 5. The van der Waals surface area contributed by atoms with E-state index < -0.39 is 18.1 Å². The number of carbonyl (C=O) groups excluding carboxylic acids is 1. The van der Waals surface area contributed by atoms with Crippen molar-refractivity contribution in [2.75, 3.05) is 27.4 Å². The van der Waals surface area contributed by atoms with Crippen LogP contribution in [0, 0.1) is 0 Å². The Balaban J connectivity index is 1.40. The molecule has 2 aliphatic rings. The summed E-state index contributed by atoms with van der Waals surface area (Å²) in [7, 11) is 3.09. The molecule has 1 unspecified atom stereocenters. The van der Waals surface area contributed by atoms with Gasteiger partial charge < -0.3 is 24.2 Å². The Morgan fingerprint density at radius 1 is 0.914 bits per heavy atom. The van der Waals surface area contributed by atoms with E-state index in [9.17, 15) is 14.7 Å². The number of hydrogen-bond donors (Lipinski definition) is 1. The number of carbonyl (C=O) groups is 2. The maximum absolute atomic E-state index is 13.3. The van der Waals surface area contributed by atoms with Crippen LogP contribution >= 0.6 is 0 Å². The van der Waals surface area contributed by atoms with Gasteiger partial charge in [0.1, 0.15) is 6.61 Å². The Bertz CT molecular complexity index is 1240. The van der Waals surface area contributed by atoms with E-state index in [-0.39, 0.29) is 18.9 Å². The molecule has 1 N–H and O–H groups in total. The van der Waals surface area contributed by atoms with Gasteiger partial charge in [-0.3, -0.25) is 4.79 Å². The summed E-state index contributed by atoms with van der Waals surface area (Å²) in [5.41, 5.74) is 6.25. The van der Waals surface area contributed by atoms with E-state index in [4.69, 9.17) is 14.2 Å². The first-order chi connectivity index (χ1) is 17.0. The van der Waals surface area contributed by atoms with Crippen LogP contribution in [-0.2, 0) is 16.0 Å². The lowest BCUT2D eigenvalue weighted by Crippen LogP contribution is -2.41. The number of nitrogens with zero attached hydrogens (tertiary/aromatic N) is 1. The Kier molecular flexibility index (Phi) is 6.07.